The largest absolute Gasteiger partial charge is 1.00 e. The Balaban J connectivity index is 0. The van der Waals surface area contributed by atoms with E-state index in [4.69, 9.17) is 0 Å². The molecule has 1 rings (SSSR count). The van der Waals surface area contributed by atoms with E-state index in [1.165, 1.54) is 11.1 Å². The maximum absolute atomic E-state index is 2.43. The van der Waals surface area contributed by atoms with Crippen molar-refractivity contribution >= 4 is 0 Å². The second-order valence-corrected chi connectivity index (χ2v) is 3.39. The maximum Gasteiger partial charge on any atom is 1.00 e. The molecule has 0 aliphatic rings. The van der Waals surface area contributed by atoms with Crippen molar-refractivity contribution < 1.29 is 20.3 Å². The van der Waals surface area contributed by atoms with Gasteiger partial charge in [0.25, 0.3) is 0 Å². The van der Waals surface area contributed by atoms with Crippen molar-refractivity contribution in [1.82, 2.24) is 4.90 Å². The molecule has 14 heavy (non-hydrogen) atoms. The van der Waals surface area contributed by atoms with Crippen LogP contribution < -0.4 is 18.9 Å². The van der Waals surface area contributed by atoms with Gasteiger partial charge in [0.1, 0.15) is 0 Å². The molecule has 0 N–H and O–H groups in total. The molecule has 0 aliphatic heterocycles. The van der Waals surface area contributed by atoms with Crippen LogP contribution in [0.3, 0.4) is 0 Å². The molecule has 0 heterocycles. The van der Waals surface area contributed by atoms with Crippen LogP contribution in [0.15, 0.2) is 24.3 Å². The minimum absolute atomic E-state index is 0. The summed E-state index contributed by atoms with van der Waals surface area (Å²) in [5, 5.41) is 0. The van der Waals surface area contributed by atoms with Gasteiger partial charge >= 0.3 is 18.9 Å². The predicted octanol–water partition coefficient (Wildman–Crippen LogP) is -0.0467. The zero-order chi connectivity index (χ0) is 9.68. The first-order valence-electron chi connectivity index (χ1n) is 5.04. The number of hydrogen-bond donors (Lipinski definition) is 0. The number of rotatable bonds is 4. The fourth-order valence-corrected chi connectivity index (χ4v) is 1.48. The van der Waals surface area contributed by atoms with E-state index < -0.39 is 0 Å². The number of aryl methyl sites for hydroxylation is 1. The van der Waals surface area contributed by atoms with Crippen molar-refractivity contribution in [2.24, 2.45) is 0 Å². The molecule has 1 aromatic carbocycles. The average Bonchev–Trinajstić information content (AvgIpc) is 2.17. The third-order valence-electron chi connectivity index (χ3n) is 2.55. The van der Waals surface area contributed by atoms with E-state index in [1.54, 1.807) is 0 Å². The molecular weight excluding hydrogens is 165 g/mol. The molecule has 0 amide bonds. The van der Waals surface area contributed by atoms with Crippen LogP contribution in [0, 0.1) is 6.92 Å². The van der Waals surface area contributed by atoms with Gasteiger partial charge in [-0.25, -0.2) is 0 Å². The Morgan fingerprint density at radius 2 is 1.71 bits per heavy atom. The predicted molar refractivity (Wildman–Crippen MR) is 58.9 cm³/mol. The Kier molecular flexibility index (Phi) is 7.01. The standard InChI is InChI=1S/C12H19N.Li.H/c1-4-13(5-2)10-12-9-7-6-8-11(12)3;;/h6-9H,4-5,10H2,1-3H3;;/q;+1;-1. The molecule has 0 aliphatic carbocycles. The monoisotopic (exact) mass is 185 g/mol. The summed E-state index contributed by atoms with van der Waals surface area (Å²) in [6, 6.07) is 8.61. The fraction of sp³-hybridized carbons (Fsp3) is 0.500. The second-order valence-electron chi connectivity index (χ2n) is 3.39. The summed E-state index contributed by atoms with van der Waals surface area (Å²) < 4.78 is 0. The Morgan fingerprint density at radius 3 is 2.21 bits per heavy atom. The van der Waals surface area contributed by atoms with Crippen LogP contribution in [0.2, 0.25) is 0 Å². The maximum atomic E-state index is 2.43. The summed E-state index contributed by atoms with van der Waals surface area (Å²) >= 11 is 0. The fourth-order valence-electron chi connectivity index (χ4n) is 1.48. The molecule has 0 saturated carbocycles. The number of nitrogens with zero attached hydrogens (tertiary/aromatic N) is 1. The molecule has 1 nitrogen and oxygen atoms in total. The molecule has 0 fully saturated rings. The van der Waals surface area contributed by atoms with Crippen LogP contribution in [0.25, 0.3) is 0 Å². The molecule has 1 aromatic rings. The molecule has 0 atom stereocenters. The minimum atomic E-state index is 0. The molecule has 0 saturated heterocycles. The summed E-state index contributed by atoms with van der Waals surface area (Å²) in [7, 11) is 0. The summed E-state index contributed by atoms with van der Waals surface area (Å²) in [5.74, 6) is 0. The molecule has 0 bridgehead atoms. The minimum Gasteiger partial charge on any atom is -1.00 e. The van der Waals surface area contributed by atoms with Crippen LogP contribution in [-0.4, -0.2) is 18.0 Å². The van der Waals surface area contributed by atoms with Gasteiger partial charge in [0.2, 0.25) is 0 Å². The van der Waals surface area contributed by atoms with E-state index in [1.807, 2.05) is 0 Å². The zero-order valence-electron chi connectivity index (χ0n) is 10.9. The van der Waals surface area contributed by atoms with Crippen molar-refractivity contribution in [2.75, 3.05) is 13.1 Å². The molecule has 0 spiro atoms. The van der Waals surface area contributed by atoms with Crippen LogP contribution in [0.4, 0.5) is 0 Å². The Morgan fingerprint density at radius 1 is 1.14 bits per heavy atom. The van der Waals surface area contributed by atoms with E-state index in [-0.39, 0.29) is 20.3 Å². The second kappa shape index (κ2) is 7.12. The SMILES string of the molecule is CCN(CC)Cc1ccccc1C.[H-].[Li+]. The smallest absolute Gasteiger partial charge is 1.00 e. The average molecular weight is 185 g/mol. The van der Waals surface area contributed by atoms with E-state index in [0.717, 1.165) is 19.6 Å². The van der Waals surface area contributed by atoms with Crippen molar-refractivity contribution in [1.29, 1.82) is 0 Å². The third-order valence-corrected chi connectivity index (χ3v) is 2.55. The molecule has 2 heteroatoms. The first kappa shape index (κ1) is 13.8. The summed E-state index contributed by atoms with van der Waals surface area (Å²) in [4.78, 5) is 2.43. The topological polar surface area (TPSA) is 3.24 Å². The van der Waals surface area contributed by atoms with E-state index in [2.05, 4.69) is 49.9 Å². The Bertz CT molecular complexity index is 262. The van der Waals surface area contributed by atoms with Crippen LogP contribution in [0.1, 0.15) is 26.4 Å². The first-order chi connectivity index (χ1) is 6.27. The van der Waals surface area contributed by atoms with E-state index in [0.29, 0.717) is 0 Å². The summed E-state index contributed by atoms with van der Waals surface area (Å²) in [5.41, 5.74) is 2.85. The van der Waals surface area contributed by atoms with Gasteiger partial charge in [-0.1, -0.05) is 38.1 Å². The molecule has 74 valence electrons. The first-order valence-corrected chi connectivity index (χ1v) is 5.04. The molecule has 0 radical (unpaired) electrons. The van der Waals surface area contributed by atoms with Crippen molar-refractivity contribution in [3.8, 4) is 0 Å². The van der Waals surface area contributed by atoms with Crippen LogP contribution >= 0.6 is 0 Å². The number of hydrogen-bond acceptors (Lipinski definition) is 1. The van der Waals surface area contributed by atoms with Gasteiger partial charge in [-0.15, -0.1) is 0 Å². The van der Waals surface area contributed by atoms with Crippen molar-refractivity contribution in [3.63, 3.8) is 0 Å². The van der Waals surface area contributed by atoms with Gasteiger partial charge in [0, 0.05) is 6.54 Å². The van der Waals surface area contributed by atoms with Crippen LogP contribution in [0.5, 0.6) is 0 Å². The van der Waals surface area contributed by atoms with Crippen molar-refractivity contribution in [2.45, 2.75) is 27.3 Å². The number of benzene rings is 1. The van der Waals surface area contributed by atoms with Gasteiger partial charge < -0.3 is 1.43 Å². The normalized spacial score (nSPS) is 10.0. The van der Waals surface area contributed by atoms with Gasteiger partial charge in [-0.2, -0.15) is 0 Å². The van der Waals surface area contributed by atoms with Crippen molar-refractivity contribution in [3.05, 3.63) is 35.4 Å². The quantitative estimate of drug-likeness (QED) is 0.595. The van der Waals surface area contributed by atoms with Crippen LogP contribution in [-0.2, 0) is 6.54 Å². The van der Waals surface area contributed by atoms with E-state index >= 15 is 0 Å². The molecule has 0 aromatic heterocycles. The summed E-state index contributed by atoms with van der Waals surface area (Å²) in [6.07, 6.45) is 0. The van der Waals surface area contributed by atoms with E-state index in [9.17, 15) is 0 Å². The molecule has 0 unspecified atom stereocenters. The Labute approximate surface area is 101 Å². The van der Waals surface area contributed by atoms with Gasteiger partial charge in [-0.05, 0) is 31.1 Å². The molecular formula is C12H20LiN. The van der Waals surface area contributed by atoms with Gasteiger partial charge in [0.15, 0.2) is 0 Å². The summed E-state index contributed by atoms with van der Waals surface area (Å²) in [6.45, 7) is 9.94. The van der Waals surface area contributed by atoms with Gasteiger partial charge in [0.05, 0.1) is 0 Å². The third kappa shape index (κ3) is 3.88. The van der Waals surface area contributed by atoms with Gasteiger partial charge in [-0.3, -0.25) is 4.90 Å². The Hall–Kier alpha value is -0.223. The zero-order valence-corrected chi connectivity index (χ0v) is 9.88.